The van der Waals surface area contributed by atoms with Crippen LogP contribution < -0.4 is 0 Å². The van der Waals surface area contributed by atoms with Gasteiger partial charge >= 0.3 is 6.18 Å². The summed E-state index contributed by atoms with van der Waals surface area (Å²) in [4.78, 5) is 3.73. The third-order valence-corrected chi connectivity index (χ3v) is 2.22. The molecule has 1 aromatic carbocycles. The number of ether oxygens (including phenoxy) is 2. The predicted molar refractivity (Wildman–Crippen MR) is 64.8 cm³/mol. The van der Waals surface area contributed by atoms with E-state index in [0.29, 0.717) is 0 Å². The lowest BCUT2D eigenvalue weighted by Crippen LogP contribution is -2.16. The molecule has 1 aromatic rings. The van der Waals surface area contributed by atoms with Gasteiger partial charge in [-0.15, -0.1) is 0 Å². The van der Waals surface area contributed by atoms with Crippen molar-refractivity contribution in [2.75, 3.05) is 13.9 Å². The van der Waals surface area contributed by atoms with Gasteiger partial charge in [-0.05, 0) is 12.5 Å². The molecule has 0 N–H and O–H groups in total. The van der Waals surface area contributed by atoms with E-state index in [-0.39, 0.29) is 0 Å². The molecule has 19 heavy (non-hydrogen) atoms. The fourth-order valence-corrected chi connectivity index (χ4v) is 1.26. The van der Waals surface area contributed by atoms with E-state index in [2.05, 4.69) is 14.5 Å². The Morgan fingerprint density at radius 3 is 2.47 bits per heavy atom. The zero-order chi connectivity index (χ0) is 14.3. The fourth-order valence-electron chi connectivity index (χ4n) is 1.26. The van der Waals surface area contributed by atoms with Crippen LogP contribution in [0.5, 0.6) is 0 Å². The zero-order valence-electron chi connectivity index (χ0n) is 10.6. The van der Waals surface area contributed by atoms with E-state index in [4.69, 9.17) is 0 Å². The number of nitrogens with zero attached hydrogens (tertiary/aromatic N) is 1. The van der Waals surface area contributed by atoms with Gasteiger partial charge in [0.15, 0.2) is 6.79 Å². The summed E-state index contributed by atoms with van der Waals surface area (Å²) in [6, 6.07) is 8.51. The number of hydrogen-bond acceptors (Lipinski definition) is 3. The maximum absolute atomic E-state index is 12.6. The maximum atomic E-state index is 12.6. The van der Waals surface area contributed by atoms with Crippen molar-refractivity contribution in [1.82, 2.24) is 0 Å². The summed E-state index contributed by atoms with van der Waals surface area (Å²) in [7, 11) is 1.23. The molecule has 1 atom stereocenters. The lowest BCUT2D eigenvalue weighted by molar-refractivity contribution is -0.145. The van der Waals surface area contributed by atoms with Crippen LogP contribution in [0.2, 0.25) is 0 Å². The van der Waals surface area contributed by atoms with E-state index in [1.807, 2.05) is 11.9 Å². The zero-order valence-corrected chi connectivity index (χ0v) is 10.6. The van der Waals surface area contributed by atoms with Gasteiger partial charge in [0.25, 0.3) is 5.76 Å². The van der Waals surface area contributed by atoms with Crippen LogP contribution in [0.3, 0.4) is 0 Å². The molecule has 0 radical (unpaired) electrons. The van der Waals surface area contributed by atoms with Crippen LogP contribution in [-0.2, 0) is 9.47 Å². The molecule has 3 nitrogen and oxygen atoms in total. The van der Waals surface area contributed by atoms with E-state index >= 15 is 0 Å². The predicted octanol–water partition coefficient (Wildman–Crippen LogP) is 3.48. The Hall–Kier alpha value is -1.78. The second kappa shape index (κ2) is 6.97. The quantitative estimate of drug-likeness (QED) is 0.467. The molecule has 0 spiro atoms. The van der Waals surface area contributed by atoms with Gasteiger partial charge in [-0.2, -0.15) is 13.2 Å². The molecule has 0 saturated heterocycles. The highest BCUT2D eigenvalue weighted by atomic mass is 19.4. The van der Waals surface area contributed by atoms with Gasteiger partial charge in [0, 0.05) is 13.0 Å². The molecular weight excluding hydrogens is 259 g/mol. The van der Waals surface area contributed by atoms with Crippen molar-refractivity contribution >= 4 is 5.87 Å². The number of aliphatic imine (C=N–C) groups is 1. The minimum atomic E-state index is -4.64. The molecule has 0 heterocycles. The number of alkyl halides is 3. The van der Waals surface area contributed by atoms with Gasteiger partial charge in [0.05, 0.1) is 6.04 Å². The lowest BCUT2D eigenvalue weighted by Gasteiger charge is -2.10. The summed E-state index contributed by atoms with van der Waals surface area (Å²) in [5, 5.41) is 0. The van der Waals surface area contributed by atoms with Crippen LogP contribution in [0.4, 0.5) is 13.2 Å². The van der Waals surface area contributed by atoms with Gasteiger partial charge in [0.2, 0.25) is 0 Å². The first-order valence-corrected chi connectivity index (χ1v) is 5.52. The minimum absolute atomic E-state index is 0.440. The van der Waals surface area contributed by atoms with E-state index in [1.165, 1.54) is 7.11 Å². The van der Waals surface area contributed by atoms with Crippen LogP contribution in [0.25, 0.3) is 0 Å². The second-order valence-corrected chi connectivity index (χ2v) is 3.71. The van der Waals surface area contributed by atoms with Gasteiger partial charge < -0.3 is 9.47 Å². The smallest absolute Gasteiger partial charge is 0.454 e. The van der Waals surface area contributed by atoms with E-state index in [9.17, 15) is 13.2 Å². The first kappa shape index (κ1) is 15.3. The molecular formula is C13H14F3NO2. The molecule has 6 heteroatoms. The third-order valence-electron chi connectivity index (χ3n) is 2.22. The Labute approximate surface area is 109 Å². The second-order valence-electron chi connectivity index (χ2n) is 3.71. The van der Waals surface area contributed by atoms with Crippen molar-refractivity contribution in [2.45, 2.75) is 19.1 Å². The summed E-state index contributed by atoms with van der Waals surface area (Å²) in [5.41, 5.74) is 0.795. The van der Waals surface area contributed by atoms with Crippen LogP contribution >= 0.6 is 0 Å². The van der Waals surface area contributed by atoms with E-state index in [1.54, 1.807) is 31.2 Å². The number of methoxy groups -OCH3 is 1. The van der Waals surface area contributed by atoms with Gasteiger partial charge in [-0.3, -0.25) is 0 Å². The molecule has 0 saturated carbocycles. The monoisotopic (exact) mass is 273 g/mol. The summed E-state index contributed by atoms with van der Waals surface area (Å²) < 4.78 is 46.5. The third kappa shape index (κ3) is 5.16. The summed E-state index contributed by atoms with van der Waals surface area (Å²) in [6.07, 6.45) is -4.64. The molecule has 0 aliphatic heterocycles. The molecule has 0 aromatic heterocycles. The average Bonchev–Trinajstić information content (AvgIpc) is 2.38. The Bertz CT molecular complexity index is 451. The van der Waals surface area contributed by atoms with Crippen molar-refractivity contribution in [2.24, 2.45) is 4.99 Å². The molecule has 1 rings (SSSR count). The molecule has 104 valence electrons. The highest BCUT2D eigenvalue weighted by molar-refractivity contribution is 5.57. The van der Waals surface area contributed by atoms with Gasteiger partial charge in [0.1, 0.15) is 0 Å². The van der Waals surface area contributed by atoms with Crippen molar-refractivity contribution in [3.63, 3.8) is 0 Å². The molecule has 0 aliphatic carbocycles. The van der Waals surface area contributed by atoms with Crippen LogP contribution in [0.15, 0.2) is 41.1 Å². The first-order valence-electron chi connectivity index (χ1n) is 5.52. The van der Waals surface area contributed by atoms with E-state index < -0.39 is 24.8 Å². The number of hydrogen-bond donors (Lipinski definition) is 0. The van der Waals surface area contributed by atoms with Crippen LogP contribution in [0, 0.1) is 0 Å². The summed E-state index contributed by atoms with van der Waals surface area (Å²) in [6.45, 7) is 1.17. The fraction of sp³-hybridized carbons (Fsp3) is 0.385. The molecule has 0 amide bonds. The van der Waals surface area contributed by atoms with Crippen molar-refractivity contribution in [1.29, 1.82) is 0 Å². The number of allylic oxidation sites excluding steroid dienone is 1. The highest BCUT2D eigenvalue weighted by Crippen LogP contribution is 2.24. The Balaban J connectivity index is 2.91. The minimum Gasteiger partial charge on any atom is -0.454 e. The van der Waals surface area contributed by atoms with Crippen molar-refractivity contribution in [3.05, 3.63) is 41.7 Å². The van der Waals surface area contributed by atoms with E-state index in [0.717, 1.165) is 5.56 Å². The normalized spacial score (nSPS) is 12.5. The maximum Gasteiger partial charge on any atom is 0.458 e. The number of rotatable bonds is 5. The molecule has 0 bridgehead atoms. The summed E-state index contributed by atoms with van der Waals surface area (Å²) >= 11 is 0. The topological polar surface area (TPSA) is 30.8 Å². The largest absolute Gasteiger partial charge is 0.458 e. The first-order chi connectivity index (χ1) is 8.95. The summed E-state index contributed by atoms with van der Waals surface area (Å²) in [5.74, 6) is 0.613. The molecule has 0 fully saturated rings. The number of benzene rings is 1. The van der Waals surface area contributed by atoms with Crippen molar-refractivity contribution in [3.8, 4) is 0 Å². The number of halogens is 3. The van der Waals surface area contributed by atoms with Crippen LogP contribution in [-0.4, -0.2) is 25.9 Å². The highest BCUT2D eigenvalue weighted by Gasteiger charge is 2.36. The molecule has 0 unspecified atom stereocenters. The van der Waals surface area contributed by atoms with Crippen molar-refractivity contribution < 1.29 is 22.6 Å². The van der Waals surface area contributed by atoms with Gasteiger partial charge in [-0.1, -0.05) is 30.3 Å². The van der Waals surface area contributed by atoms with Gasteiger partial charge in [-0.25, -0.2) is 4.99 Å². The Kier molecular flexibility index (Phi) is 5.60. The standard InChI is InChI=1S/C13H14F3NO2/c1-10(11-6-4-3-5-7-11)17-8-12(13(14,15)16)19-9-18-2/h3-7,10H,9H2,1-2H3/t10-/m1/s1. The Morgan fingerprint density at radius 2 is 1.95 bits per heavy atom. The molecule has 0 aliphatic rings. The SMILES string of the molecule is COCOC(=C=N[C@H](C)c1ccccc1)C(F)(F)F. The van der Waals surface area contributed by atoms with Crippen LogP contribution in [0.1, 0.15) is 18.5 Å². The Morgan fingerprint density at radius 1 is 1.32 bits per heavy atom. The average molecular weight is 273 g/mol. The lowest BCUT2D eigenvalue weighted by atomic mass is 10.1.